The molecule has 0 radical (unpaired) electrons. The van der Waals surface area contributed by atoms with E-state index >= 15 is 0 Å². The smallest absolute Gasteiger partial charge is 0.262 e. The Labute approximate surface area is 171 Å². The van der Waals surface area contributed by atoms with E-state index in [-0.39, 0.29) is 42.8 Å². The van der Waals surface area contributed by atoms with Gasteiger partial charge >= 0.3 is 0 Å². The number of halogens is 1. The highest BCUT2D eigenvalue weighted by Crippen LogP contribution is 2.27. The maximum atomic E-state index is 12.2. The summed E-state index contributed by atoms with van der Waals surface area (Å²) < 4.78 is 5.53. The summed E-state index contributed by atoms with van der Waals surface area (Å²) in [6.45, 7) is -0.108. The molecule has 28 heavy (non-hydrogen) atoms. The highest BCUT2D eigenvalue weighted by atomic mass is 35.5. The Morgan fingerprint density at radius 3 is 2.39 bits per heavy atom. The number of rotatable bonds is 7. The van der Waals surface area contributed by atoms with Crippen LogP contribution in [0.4, 0.5) is 11.4 Å². The minimum atomic E-state index is -0.245. The third-order valence-corrected chi connectivity index (χ3v) is 4.71. The van der Waals surface area contributed by atoms with E-state index in [1.54, 1.807) is 24.3 Å². The van der Waals surface area contributed by atoms with Crippen molar-refractivity contribution >= 4 is 35.6 Å². The summed E-state index contributed by atoms with van der Waals surface area (Å²) >= 11 is 0. The van der Waals surface area contributed by atoms with E-state index in [9.17, 15) is 9.59 Å². The van der Waals surface area contributed by atoms with Crippen LogP contribution >= 0.6 is 12.4 Å². The van der Waals surface area contributed by atoms with Gasteiger partial charge in [-0.3, -0.25) is 9.59 Å². The molecule has 7 heteroatoms. The number of anilines is 2. The average molecular weight is 404 g/mol. The monoisotopic (exact) mass is 403 g/mol. The van der Waals surface area contributed by atoms with Crippen LogP contribution < -0.4 is 21.1 Å². The van der Waals surface area contributed by atoms with Crippen LogP contribution in [0.5, 0.6) is 5.75 Å². The van der Waals surface area contributed by atoms with E-state index in [1.165, 1.54) is 0 Å². The van der Waals surface area contributed by atoms with Gasteiger partial charge in [0.2, 0.25) is 5.91 Å². The SMILES string of the molecule is Cl.N[C@@H]1CCC[C@H]1CC(=O)Nc1cccc(OCC(=O)Nc2ccccc2)c1. The van der Waals surface area contributed by atoms with Gasteiger partial charge in [-0.2, -0.15) is 0 Å². The quantitative estimate of drug-likeness (QED) is 0.658. The molecular formula is C21H26ClN3O3. The van der Waals surface area contributed by atoms with Crippen LogP contribution in [0, 0.1) is 5.92 Å². The van der Waals surface area contributed by atoms with Gasteiger partial charge in [0, 0.05) is 29.9 Å². The van der Waals surface area contributed by atoms with Crippen LogP contribution in [-0.4, -0.2) is 24.5 Å². The maximum absolute atomic E-state index is 12.2. The number of benzene rings is 2. The lowest BCUT2D eigenvalue weighted by atomic mass is 10.00. The molecular weight excluding hydrogens is 378 g/mol. The lowest BCUT2D eigenvalue weighted by molar-refractivity contribution is -0.118. The number of hydrogen-bond donors (Lipinski definition) is 3. The van der Waals surface area contributed by atoms with Crippen LogP contribution in [0.15, 0.2) is 54.6 Å². The fourth-order valence-corrected chi connectivity index (χ4v) is 3.30. The molecule has 0 bridgehead atoms. The Morgan fingerprint density at radius 2 is 1.68 bits per heavy atom. The van der Waals surface area contributed by atoms with Gasteiger partial charge in [-0.25, -0.2) is 0 Å². The number of carbonyl (C=O) groups is 2. The van der Waals surface area contributed by atoms with E-state index in [4.69, 9.17) is 10.5 Å². The second kappa shape index (κ2) is 10.7. The van der Waals surface area contributed by atoms with Crippen molar-refractivity contribution in [3.05, 3.63) is 54.6 Å². The molecule has 1 aliphatic carbocycles. The highest BCUT2D eigenvalue weighted by molar-refractivity contribution is 5.92. The fourth-order valence-electron chi connectivity index (χ4n) is 3.30. The van der Waals surface area contributed by atoms with Crippen LogP contribution in [0.3, 0.4) is 0 Å². The van der Waals surface area contributed by atoms with Gasteiger partial charge in [0.05, 0.1) is 0 Å². The molecule has 0 aromatic heterocycles. The van der Waals surface area contributed by atoms with Crippen molar-refractivity contribution in [2.75, 3.05) is 17.2 Å². The summed E-state index contributed by atoms with van der Waals surface area (Å²) in [5.74, 6) is 0.488. The normalized spacial score (nSPS) is 18.0. The minimum Gasteiger partial charge on any atom is -0.484 e. The van der Waals surface area contributed by atoms with Crippen molar-refractivity contribution in [2.45, 2.75) is 31.7 Å². The first-order chi connectivity index (χ1) is 13.1. The molecule has 2 atom stereocenters. The van der Waals surface area contributed by atoms with Gasteiger partial charge in [0.1, 0.15) is 5.75 Å². The Bertz CT molecular complexity index is 785. The van der Waals surface area contributed by atoms with E-state index in [2.05, 4.69) is 10.6 Å². The van der Waals surface area contributed by atoms with Crippen LogP contribution in [0.25, 0.3) is 0 Å². The summed E-state index contributed by atoms with van der Waals surface area (Å²) in [7, 11) is 0. The Hall–Kier alpha value is -2.57. The summed E-state index contributed by atoms with van der Waals surface area (Å²) in [4.78, 5) is 24.2. The molecule has 0 unspecified atom stereocenters. The van der Waals surface area contributed by atoms with E-state index in [1.807, 2.05) is 30.3 Å². The molecule has 0 saturated heterocycles. The first-order valence-corrected chi connectivity index (χ1v) is 9.23. The molecule has 1 saturated carbocycles. The molecule has 1 aliphatic rings. The number of para-hydroxylation sites is 1. The summed E-state index contributed by atoms with van der Waals surface area (Å²) in [5.41, 5.74) is 7.40. The predicted octanol–water partition coefficient (Wildman–Crippen LogP) is 3.58. The van der Waals surface area contributed by atoms with Crippen LogP contribution in [-0.2, 0) is 9.59 Å². The number of nitrogens with two attached hydrogens (primary N) is 1. The lowest BCUT2D eigenvalue weighted by Gasteiger charge is -2.15. The van der Waals surface area contributed by atoms with Crippen molar-refractivity contribution in [1.29, 1.82) is 0 Å². The Kier molecular flexibility index (Phi) is 8.29. The summed E-state index contributed by atoms with van der Waals surface area (Å²) in [6, 6.07) is 16.3. The van der Waals surface area contributed by atoms with Crippen LogP contribution in [0.1, 0.15) is 25.7 Å². The highest BCUT2D eigenvalue weighted by Gasteiger charge is 2.26. The second-order valence-electron chi connectivity index (χ2n) is 6.84. The summed E-state index contributed by atoms with van der Waals surface area (Å²) in [6.07, 6.45) is 3.53. The average Bonchev–Trinajstić information content (AvgIpc) is 3.06. The molecule has 150 valence electrons. The molecule has 1 fully saturated rings. The molecule has 2 aromatic rings. The van der Waals surface area contributed by atoms with E-state index in [0.29, 0.717) is 17.9 Å². The fraction of sp³-hybridized carbons (Fsp3) is 0.333. The van der Waals surface area contributed by atoms with Crippen molar-refractivity contribution in [2.24, 2.45) is 11.7 Å². The number of amides is 2. The number of ether oxygens (including phenoxy) is 1. The van der Waals surface area contributed by atoms with E-state index in [0.717, 1.165) is 24.9 Å². The Balaban J connectivity index is 0.00000280. The molecule has 2 aromatic carbocycles. The zero-order valence-electron chi connectivity index (χ0n) is 15.6. The molecule has 0 aliphatic heterocycles. The second-order valence-corrected chi connectivity index (χ2v) is 6.84. The van der Waals surface area contributed by atoms with Crippen molar-refractivity contribution in [3.63, 3.8) is 0 Å². The number of carbonyl (C=O) groups excluding carboxylic acids is 2. The molecule has 6 nitrogen and oxygen atoms in total. The van der Waals surface area contributed by atoms with Crippen molar-refractivity contribution < 1.29 is 14.3 Å². The van der Waals surface area contributed by atoms with Crippen molar-refractivity contribution in [1.82, 2.24) is 0 Å². The zero-order valence-corrected chi connectivity index (χ0v) is 16.4. The molecule has 0 heterocycles. The Morgan fingerprint density at radius 1 is 0.964 bits per heavy atom. The first-order valence-electron chi connectivity index (χ1n) is 9.23. The zero-order chi connectivity index (χ0) is 19.1. The number of hydrogen-bond acceptors (Lipinski definition) is 4. The van der Waals surface area contributed by atoms with Crippen molar-refractivity contribution in [3.8, 4) is 5.75 Å². The van der Waals surface area contributed by atoms with Gasteiger partial charge in [-0.15, -0.1) is 12.4 Å². The first kappa shape index (κ1) is 21.7. The standard InChI is InChI=1S/C21H25N3O3.ClH/c22-19-11-4-6-15(19)12-20(25)24-17-9-5-10-18(13-17)27-14-21(26)23-16-7-2-1-3-8-16;/h1-3,5,7-10,13,15,19H,4,6,11-12,14,22H2,(H,23,26)(H,24,25);1H/t15-,19+;/m0./s1. The topological polar surface area (TPSA) is 93.5 Å². The van der Waals surface area contributed by atoms with Gasteiger partial charge in [-0.1, -0.05) is 30.7 Å². The third kappa shape index (κ3) is 6.55. The van der Waals surface area contributed by atoms with Gasteiger partial charge in [0.15, 0.2) is 6.61 Å². The van der Waals surface area contributed by atoms with Gasteiger partial charge in [-0.05, 0) is 43.0 Å². The molecule has 3 rings (SSSR count). The largest absolute Gasteiger partial charge is 0.484 e. The van der Waals surface area contributed by atoms with E-state index < -0.39 is 0 Å². The minimum absolute atomic E-state index is 0. The maximum Gasteiger partial charge on any atom is 0.262 e. The van der Waals surface area contributed by atoms with Gasteiger partial charge < -0.3 is 21.1 Å². The molecule has 2 amide bonds. The molecule has 0 spiro atoms. The van der Waals surface area contributed by atoms with Gasteiger partial charge in [0.25, 0.3) is 5.91 Å². The molecule has 4 N–H and O–H groups in total. The predicted molar refractivity (Wildman–Crippen MR) is 113 cm³/mol. The number of nitrogens with one attached hydrogen (secondary N) is 2. The third-order valence-electron chi connectivity index (χ3n) is 4.71. The summed E-state index contributed by atoms with van der Waals surface area (Å²) in [5, 5.41) is 5.64. The lowest BCUT2D eigenvalue weighted by Crippen LogP contribution is -2.28. The van der Waals surface area contributed by atoms with Crippen LogP contribution in [0.2, 0.25) is 0 Å².